The van der Waals surface area contributed by atoms with Crippen molar-refractivity contribution in [1.29, 1.82) is 0 Å². The lowest BCUT2D eigenvalue weighted by atomic mass is 9.98. The van der Waals surface area contributed by atoms with Gasteiger partial charge in [0.05, 0.1) is 5.69 Å². The average molecular weight is 368 g/mol. The van der Waals surface area contributed by atoms with Crippen LogP contribution >= 0.6 is 0 Å². The molecule has 1 amide bonds. The van der Waals surface area contributed by atoms with Crippen LogP contribution in [0.2, 0.25) is 0 Å². The second-order valence-electron chi connectivity index (χ2n) is 6.71. The van der Waals surface area contributed by atoms with Crippen LogP contribution in [0.4, 0.5) is 14.6 Å². The highest BCUT2D eigenvalue weighted by molar-refractivity contribution is 5.97. The van der Waals surface area contributed by atoms with E-state index in [1.54, 1.807) is 17.3 Å². The number of H-pyrrole nitrogens is 1. The van der Waals surface area contributed by atoms with Gasteiger partial charge < -0.3 is 0 Å². The van der Waals surface area contributed by atoms with E-state index < -0.39 is 11.6 Å². The highest BCUT2D eigenvalue weighted by atomic mass is 19.2. The van der Waals surface area contributed by atoms with Gasteiger partial charge in [-0.3, -0.25) is 19.8 Å². The lowest BCUT2D eigenvalue weighted by molar-refractivity contribution is -0.120. The third-order valence-corrected chi connectivity index (χ3v) is 4.99. The maximum atomic E-state index is 13.4. The lowest BCUT2D eigenvalue weighted by Crippen LogP contribution is -2.28. The lowest BCUT2D eigenvalue weighted by Gasteiger charge is -2.16. The van der Waals surface area contributed by atoms with Gasteiger partial charge in [0, 0.05) is 36.0 Å². The van der Waals surface area contributed by atoms with Crippen LogP contribution in [0.3, 0.4) is 0 Å². The van der Waals surface area contributed by atoms with Gasteiger partial charge in [-0.2, -0.15) is 5.10 Å². The maximum absolute atomic E-state index is 13.4. The number of pyridine rings is 1. The van der Waals surface area contributed by atoms with Gasteiger partial charge in [0.1, 0.15) is 5.82 Å². The van der Waals surface area contributed by atoms with Crippen LogP contribution in [0.25, 0.3) is 11.3 Å². The molecule has 0 bridgehead atoms. The number of rotatable bonds is 4. The van der Waals surface area contributed by atoms with Gasteiger partial charge in [0.25, 0.3) is 0 Å². The summed E-state index contributed by atoms with van der Waals surface area (Å²) >= 11 is 0. The zero-order valence-corrected chi connectivity index (χ0v) is 14.7. The minimum absolute atomic E-state index is 0.0345. The highest BCUT2D eigenvalue weighted by Crippen LogP contribution is 2.32. The zero-order valence-electron chi connectivity index (χ0n) is 14.7. The summed E-state index contributed by atoms with van der Waals surface area (Å²) in [6.45, 7) is 2.48. The monoisotopic (exact) mass is 368 g/mol. The fourth-order valence-electron chi connectivity index (χ4n) is 3.54. The molecule has 5 nitrogen and oxygen atoms in total. The molecule has 1 aliphatic heterocycles. The quantitative estimate of drug-likeness (QED) is 0.765. The fourth-order valence-corrected chi connectivity index (χ4v) is 3.54. The molecule has 1 unspecified atom stereocenters. The van der Waals surface area contributed by atoms with Crippen LogP contribution in [0.1, 0.15) is 17.5 Å². The molecule has 1 fully saturated rings. The predicted octanol–water partition coefficient (Wildman–Crippen LogP) is 3.65. The summed E-state index contributed by atoms with van der Waals surface area (Å²) in [5, 5.41) is 7.33. The van der Waals surface area contributed by atoms with Crippen molar-refractivity contribution in [2.45, 2.75) is 19.8 Å². The number of hydrogen-bond donors (Lipinski definition) is 1. The van der Waals surface area contributed by atoms with Crippen molar-refractivity contribution < 1.29 is 13.6 Å². The Hall–Kier alpha value is -3.09. The fraction of sp³-hybridized carbons (Fsp3) is 0.250. The summed E-state index contributed by atoms with van der Waals surface area (Å²) in [6, 6.07) is 7.52. The Kier molecular flexibility index (Phi) is 4.43. The number of aromatic nitrogens is 3. The predicted molar refractivity (Wildman–Crippen MR) is 97.1 cm³/mol. The van der Waals surface area contributed by atoms with Crippen molar-refractivity contribution >= 4 is 11.7 Å². The SMILES string of the molecule is Cc1c(-c2ccncc2)n[nH]c1N1CCC(Cc2ccc(F)c(F)c2)C1=O. The van der Waals surface area contributed by atoms with Crippen molar-refractivity contribution in [1.82, 2.24) is 15.2 Å². The summed E-state index contributed by atoms with van der Waals surface area (Å²) in [5.74, 6) is -1.38. The van der Waals surface area contributed by atoms with E-state index in [0.717, 1.165) is 29.0 Å². The number of nitrogens with one attached hydrogen (secondary N) is 1. The number of anilines is 1. The summed E-state index contributed by atoms with van der Waals surface area (Å²) in [5.41, 5.74) is 3.22. The van der Waals surface area contributed by atoms with E-state index in [4.69, 9.17) is 0 Å². The van der Waals surface area contributed by atoms with Crippen molar-refractivity contribution in [3.8, 4) is 11.3 Å². The van der Waals surface area contributed by atoms with Crippen molar-refractivity contribution in [3.63, 3.8) is 0 Å². The molecule has 0 aliphatic carbocycles. The Balaban J connectivity index is 1.54. The van der Waals surface area contributed by atoms with Gasteiger partial charge in [-0.05, 0) is 49.6 Å². The molecule has 7 heteroatoms. The molecule has 0 radical (unpaired) electrons. The highest BCUT2D eigenvalue weighted by Gasteiger charge is 2.34. The minimum atomic E-state index is -0.888. The first-order valence-corrected chi connectivity index (χ1v) is 8.75. The van der Waals surface area contributed by atoms with Gasteiger partial charge in [-0.25, -0.2) is 8.78 Å². The van der Waals surface area contributed by atoms with Gasteiger partial charge in [-0.15, -0.1) is 0 Å². The zero-order chi connectivity index (χ0) is 19.0. The molecule has 4 rings (SSSR count). The molecule has 2 aromatic heterocycles. The van der Waals surface area contributed by atoms with Crippen LogP contribution < -0.4 is 4.90 Å². The number of halogens is 2. The van der Waals surface area contributed by atoms with Crippen molar-refractivity contribution in [2.75, 3.05) is 11.4 Å². The van der Waals surface area contributed by atoms with Crippen LogP contribution in [-0.2, 0) is 11.2 Å². The Morgan fingerprint density at radius 2 is 1.96 bits per heavy atom. The number of nitrogens with zero attached hydrogens (tertiary/aromatic N) is 3. The van der Waals surface area contributed by atoms with Gasteiger partial charge in [0.15, 0.2) is 11.6 Å². The topological polar surface area (TPSA) is 61.9 Å². The standard InChI is InChI=1S/C20H18F2N4O/c1-12-18(14-4-7-23-8-5-14)24-25-19(12)26-9-6-15(20(26)27)10-13-2-3-16(21)17(22)11-13/h2-5,7-8,11,15H,6,9-10H2,1H3,(H,24,25). The van der Waals surface area contributed by atoms with E-state index in [1.807, 2.05) is 19.1 Å². The van der Waals surface area contributed by atoms with Gasteiger partial charge >= 0.3 is 0 Å². The second-order valence-corrected chi connectivity index (χ2v) is 6.71. The molecular weight excluding hydrogens is 350 g/mol. The molecular formula is C20H18F2N4O. The van der Waals surface area contributed by atoms with Crippen LogP contribution in [0, 0.1) is 24.5 Å². The largest absolute Gasteiger partial charge is 0.297 e. The summed E-state index contributed by atoms with van der Waals surface area (Å²) in [6.07, 6.45) is 4.43. The number of hydrogen-bond acceptors (Lipinski definition) is 3. The molecule has 1 aliphatic rings. The summed E-state index contributed by atoms with van der Waals surface area (Å²) < 4.78 is 26.5. The maximum Gasteiger partial charge on any atom is 0.231 e. The molecule has 1 aromatic carbocycles. The second kappa shape index (κ2) is 6.90. The van der Waals surface area contributed by atoms with Gasteiger partial charge in [0.2, 0.25) is 5.91 Å². The smallest absolute Gasteiger partial charge is 0.231 e. The third-order valence-electron chi connectivity index (χ3n) is 4.99. The Labute approximate surface area is 155 Å². The molecule has 1 N–H and O–H groups in total. The van der Waals surface area contributed by atoms with Gasteiger partial charge in [-0.1, -0.05) is 6.07 Å². The average Bonchev–Trinajstić information content (AvgIpc) is 3.22. The molecule has 3 heterocycles. The normalized spacial score (nSPS) is 16.9. The van der Waals surface area contributed by atoms with Crippen molar-refractivity contribution in [3.05, 3.63) is 65.5 Å². The molecule has 1 saturated heterocycles. The third kappa shape index (κ3) is 3.20. The van der Waals surface area contributed by atoms with E-state index >= 15 is 0 Å². The van der Waals surface area contributed by atoms with E-state index in [0.29, 0.717) is 30.8 Å². The number of amides is 1. The Morgan fingerprint density at radius 1 is 1.19 bits per heavy atom. The molecule has 138 valence electrons. The first-order chi connectivity index (χ1) is 13.0. The molecule has 3 aromatic rings. The molecule has 0 saturated carbocycles. The van der Waals surface area contributed by atoms with E-state index in [1.165, 1.54) is 6.07 Å². The number of aromatic amines is 1. The summed E-state index contributed by atoms with van der Waals surface area (Å²) in [7, 11) is 0. The van der Waals surface area contributed by atoms with Crippen LogP contribution in [0.15, 0.2) is 42.7 Å². The van der Waals surface area contributed by atoms with E-state index in [9.17, 15) is 13.6 Å². The number of benzene rings is 1. The number of carbonyl (C=O) groups is 1. The molecule has 1 atom stereocenters. The first-order valence-electron chi connectivity index (χ1n) is 8.75. The first kappa shape index (κ1) is 17.3. The Bertz CT molecular complexity index is 987. The molecule has 27 heavy (non-hydrogen) atoms. The van der Waals surface area contributed by atoms with E-state index in [2.05, 4.69) is 15.2 Å². The minimum Gasteiger partial charge on any atom is -0.297 e. The summed E-state index contributed by atoms with van der Waals surface area (Å²) in [4.78, 5) is 18.6. The van der Waals surface area contributed by atoms with Crippen LogP contribution in [0.5, 0.6) is 0 Å². The van der Waals surface area contributed by atoms with Crippen LogP contribution in [-0.4, -0.2) is 27.6 Å². The molecule has 0 spiro atoms. The Morgan fingerprint density at radius 3 is 2.70 bits per heavy atom. The number of carbonyl (C=O) groups excluding carboxylic acids is 1. The van der Waals surface area contributed by atoms with Crippen molar-refractivity contribution in [2.24, 2.45) is 5.92 Å². The van der Waals surface area contributed by atoms with E-state index in [-0.39, 0.29) is 11.8 Å².